The van der Waals surface area contributed by atoms with Gasteiger partial charge in [0.15, 0.2) is 5.17 Å². The van der Waals surface area contributed by atoms with Crippen molar-refractivity contribution >= 4 is 40.1 Å². The van der Waals surface area contributed by atoms with Gasteiger partial charge in [-0.3, -0.25) is 14.5 Å². The molecule has 1 aliphatic rings. The van der Waals surface area contributed by atoms with Crippen LogP contribution < -0.4 is 5.32 Å². The van der Waals surface area contributed by atoms with Crippen molar-refractivity contribution in [2.75, 3.05) is 11.9 Å². The fraction of sp³-hybridized carbons (Fsp3) is 0.227. The molecule has 1 fully saturated rings. The second-order valence-corrected chi connectivity index (χ2v) is 7.93. The van der Waals surface area contributed by atoms with Crippen LogP contribution in [-0.2, 0) is 9.59 Å². The lowest BCUT2D eigenvalue weighted by molar-refractivity contribution is -0.127. The van der Waals surface area contributed by atoms with Crippen LogP contribution >= 0.6 is 11.8 Å². The van der Waals surface area contributed by atoms with Crippen molar-refractivity contribution in [3.63, 3.8) is 0 Å². The van der Waals surface area contributed by atoms with E-state index in [-0.39, 0.29) is 18.0 Å². The lowest BCUT2D eigenvalue weighted by Gasteiger charge is -2.14. The Morgan fingerprint density at radius 3 is 2.79 bits per heavy atom. The van der Waals surface area contributed by atoms with Gasteiger partial charge in [0, 0.05) is 13.0 Å². The molecule has 1 atom stereocenters. The average Bonchev–Trinajstić information content (AvgIpc) is 2.96. The van der Waals surface area contributed by atoms with Crippen LogP contribution in [0.25, 0.3) is 0 Å². The Bertz CT molecular complexity index is 990. The number of hydrogen-bond donors (Lipinski definition) is 1. The van der Waals surface area contributed by atoms with Gasteiger partial charge in [-0.15, -0.1) is 6.58 Å². The number of nitrogens with zero attached hydrogens (tertiary/aromatic N) is 2. The first-order valence-corrected chi connectivity index (χ1v) is 10.1. The van der Waals surface area contributed by atoms with Crippen molar-refractivity contribution in [2.24, 2.45) is 4.99 Å². The Morgan fingerprint density at radius 1 is 1.31 bits per heavy atom. The lowest BCUT2D eigenvalue weighted by Crippen LogP contribution is -2.33. The summed E-state index contributed by atoms with van der Waals surface area (Å²) in [5.74, 6) is -1.15. The van der Waals surface area contributed by atoms with Gasteiger partial charge in [0.2, 0.25) is 11.8 Å². The lowest BCUT2D eigenvalue weighted by atomic mass is 10.1. The molecule has 0 aromatic heterocycles. The van der Waals surface area contributed by atoms with Crippen LogP contribution in [0.15, 0.2) is 60.1 Å². The molecule has 1 saturated heterocycles. The summed E-state index contributed by atoms with van der Waals surface area (Å²) in [5.41, 5.74) is 2.95. The van der Waals surface area contributed by atoms with Gasteiger partial charge < -0.3 is 5.32 Å². The number of carbonyl (C=O) groups is 2. The highest BCUT2D eigenvalue weighted by molar-refractivity contribution is 8.15. The molecule has 1 aliphatic heterocycles. The predicted octanol–water partition coefficient (Wildman–Crippen LogP) is 4.59. The number of amidine groups is 1. The molecule has 0 bridgehead atoms. The normalized spacial score (nSPS) is 17.6. The number of aliphatic imine (C=N–C) groups is 1. The van der Waals surface area contributed by atoms with Gasteiger partial charge in [0.05, 0.1) is 11.4 Å². The highest BCUT2D eigenvalue weighted by atomic mass is 32.2. The molecule has 29 heavy (non-hydrogen) atoms. The topological polar surface area (TPSA) is 61.8 Å². The molecule has 1 heterocycles. The highest BCUT2D eigenvalue weighted by Gasteiger charge is 2.38. The smallest absolute Gasteiger partial charge is 0.242 e. The SMILES string of the molecule is C=CCN1C(=O)[C@@H](CC(=O)Nc2ccccc2F)SC1=Nc1cc(C)ccc1C. The molecular formula is C22H22FN3O2S. The van der Waals surface area contributed by atoms with Crippen molar-refractivity contribution in [3.8, 4) is 0 Å². The van der Waals surface area contributed by atoms with Gasteiger partial charge in [-0.25, -0.2) is 9.38 Å². The van der Waals surface area contributed by atoms with Crippen LogP contribution in [0.2, 0.25) is 0 Å². The van der Waals surface area contributed by atoms with Crippen LogP contribution in [0.4, 0.5) is 15.8 Å². The maximum atomic E-state index is 13.8. The largest absolute Gasteiger partial charge is 0.324 e. The maximum absolute atomic E-state index is 13.8. The summed E-state index contributed by atoms with van der Waals surface area (Å²) in [7, 11) is 0. The van der Waals surface area contributed by atoms with Gasteiger partial charge in [-0.05, 0) is 43.2 Å². The molecule has 1 N–H and O–H groups in total. The van der Waals surface area contributed by atoms with Gasteiger partial charge in [0.25, 0.3) is 0 Å². The van der Waals surface area contributed by atoms with Crippen molar-refractivity contribution < 1.29 is 14.0 Å². The third-order valence-electron chi connectivity index (χ3n) is 4.43. The van der Waals surface area contributed by atoms with Crippen LogP contribution in [0, 0.1) is 19.7 Å². The first-order chi connectivity index (χ1) is 13.9. The number of amides is 2. The standard InChI is InChI=1S/C22H22FN3O2S/c1-4-11-26-21(28)19(13-20(27)24-17-8-6-5-7-16(17)23)29-22(26)25-18-12-14(2)9-10-15(18)3/h4-10,12,19H,1,11,13H2,2-3H3,(H,24,27)/t19-/m1/s1. The zero-order valence-corrected chi connectivity index (χ0v) is 17.1. The molecule has 2 aromatic carbocycles. The number of hydrogen-bond acceptors (Lipinski definition) is 4. The van der Waals surface area contributed by atoms with Gasteiger partial charge in [-0.1, -0.05) is 42.1 Å². The Balaban J connectivity index is 1.79. The zero-order valence-electron chi connectivity index (χ0n) is 16.3. The first kappa shape index (κ1) is 20.8. The molecule has 7 heteroatoms. The maximum Gasteiger partial charge on any atom is 0.242 e. The Kier molecular flexibility index (Phi) is 6.49. The minimum atomic E-state index is -0.620. The number of anilines is 1. The van der Waals surface area contributed by atoms with E-state index in [1.165, 1.54) is 28.8 Å². The van der Waals surface area contributed by atoms with E-state index in [1.807, 2.05) is 32.0 Å². The van der Waals surface area contributed by atoms with E-state index in [4.69, 9.17) is 0 Å². The van der Waals surface area contributed by atoms with E-state index < -0.39 is 17.0 Å². The van der Waals surface area contributed by atoms with E-state index in [9.17, 15) is 14.0 Å². The van der Waals surface area contributed by atoms with Crippen molar-refractivity contribution in [2.45, 2.75) is 25.5 Å². The zero-order chi connectivity index (χ0) is 21.0. The molecule has 5 nitrogen and oxygen atoms in total. The van der Waals surface area contributed by atoms with Crippen molar-refractivity contribution in [3.05, 3.63) is 72.1 Å². The molecule has 150 valence electrons. The molecule has 0 spiro atoms. The predicted molar refractivity (Wildman–Crippen MR) is 116 cm³/mol. The summed E-state index contributed by atoms with van der Waals surface area (Å²) in [6, 6.07) is 11.9. The number of thioether (sulfide) groups is 1. The molecule has 0 radical (unpaired) electrons. The average molecular weight is 412 g/mol. The number of rotatable bonds is 6. The van der Waals surface area contributed by atoms with Crippen molar-refractivity contribution in [1.82, 2.24) is 4.90 Å². The summed E-state index contributed by atoms with van der Waals surface area (Å²) in [4.78, 5) is 31.4. The van der Waals surface area contributed by atoms with E-state index >= 15 is 0 Å². The minimum absolute atomic E-state index is 0.0721. The van der Waals surface area contributed by atoms with Gasteiger partial charge >= 0.3 is 0 Å². The molecule has 3 rings (SSSR count). The number of aryl methyl sites for hydroxylation is 2. The number of halogens is 1. The summed E-state index contributed by atoms with van der Waals surface area (Å²) in [5, 5.41) is 2.44. The Labute approximate surface area is 173 Å². The van der Waals surface area contributed by atoms with Crippen molar-refractivity contribution in [1.29, 1.82) is 0 Å². The number of nitrogens with one attached hydrogen (secondary N) is 1. The Morgan fingerprint density at radius 2 is 2.07 bits per heavy atom. The number of benzene rings is 2. The second kappa shape index (κ2) is 9.05. The van der Waals surface area contributed by atoms with Crippen LogP contribution in [0.5, 0.6) is 0 Å². The van der Waals surface area contributed by atoms with Gasteiger partial charge in [0.1, 0.15) is 11.1 Å². The molecule has 0 unspecified atom stereocenters. The first-order valence-electron chi connectivity index (χ1n) is 9.18. The van der Waals surface area contributed by atoms with Crippen LogP contribution in [0.3, 0.4) is 0 Å². The van der Waals surface area contributed by atoms with E-state index in [0.29, 0.717) is 11.7 Å². The summed E-state index contributed by atoms with van der Waals surface area (Å²) in [6.07, 6.45) is 1.55. The van der Waals surface area contributed by atoms with Gasteiger partial charge in [-0.2, -0.15) is 0 Å². The van der Waals surface area contributed by atoms with Crippen LogP contribution in [-0.4, -0.2) is 33.7 Å². The third-order valence-corrected chi connectivity index (χ3v) is 5.61. The number of para-hydroxylation sites is 1. The Hall–Kier alpha value is -2.93. The van der Waals surface area contributed by atoms with E-state index in [1.54, 1.807) is 18.2 Å². The quantitative estimate of drug-likeness (QED) is 0.708. The monoisotopic (exact) mass is 411 g/mol. The second-order valence-electron chi connectivity index (χ2n) is 6.76. The fourth-order valence-electron chi connectivity index (χ4n) is 2.90. The van der Waals surface area contributed by atoms with Crippen LogP contribution in [0.1, 0.15) is 17.5 Å². The van der Waals surface area contributed by atoms with E-state index in [0.717, 1.165) is 16.8 Å². The molecule has 2 aromatic rings. The molecule has 0 saturated carbocycles. The minimum Gasteiger partial charge on any atom is -0.324 e. The third kappa shape index (κ3) is 4.92. The highest BCUT2D eigenvalue weighted by Crippen LogP contribution is 2.33. The fourth-order valence-corrected chi connectivity index (χ4v) is 4.06. The summed E-state index contributed by atoms with van der Waals surface area (Å²) >= 11 is 1.24. The molecule has 2 amide bonds. The van der Waals surface area contributed by atoms with E-state index in [2.05, 4.69) is 16.9 Å². The summed E-state index contributed by atoms with van der Waals surface area (Å²) in [6.45, 7) is 7.95. The summed E-state index contributed by atoms with van der Waals surface area (Å²) < 4.78 is 13.8. The number of carbonyl (C=O) groups excluding carboxylic acids is 2. The molecular weight excluding hydrogens is 389 g/mol. The molecule has 0 aliphatic carbocycles.